The molecule has 186 valence electrons. The summed E-state index contributed by atoms with van der Waals surface area (Å²) in [5.41, 5.74) is 2.56. The molecule has 0 bridgehead atoms. The first-order valence-corrected chi connectivity index (χ1v) is 14.2. The molecule has 3 aliphatic heterocycles. The van der Waals surface area contributed by atoms with Crippen LogP contribution in [0.3, 0.4) is 0 Å². The van der Waals surface area contributed by atoms with Crippen molar-refractivity contribution in [3.8, 4) is 0 Å². The van der Waals surface area contributed by atoms with Crippen LogP contribution in [0, 0.1) is 12.8 Å². The fourth-order valence-electron chi connectivity index (χ4n) is 5.38. The van der Waals surface area contributed by atoms with Crippen molar-refractivity contribution in [1.82, 2.24) is 15.1 Å². The number of hydrogen-bond donors (Lipinski definition) is 1. The summed E-state index contributed by atoms with van der Waals surface area (Å²) in [6, 6.07) is 8.18. The molecule has 7 nitrogen and oxygen atoms in total. The van der Waals surface area contributed by atoms with E-state index in [2.05, 4.69) is 26.4 Å². The number of amides is 1. The van der Waals surface area contributed by atoms with Gasteiger partial charge in [-0.3, -0.25) is 9.69 Å². The van der Waals surface area contributed by atoms with Crippen molar-refractivity contribution in [2.45, 2.75) is 65.3 Å². The van der Waals surface area contributed by atoms with E-state index in [1.807, 2.05) is 38.1 Å². The smallest absolute Gasteiger partial charge is 0.285 e. The van der Waals surface area contributed by atoms with Gasteiger partial charge in [0, 0.05) is 43.7 Å². The molecule has 4 rings (SSSR count). The van der Waals surface area contributed by atoms with E-state index < -0.39 is 10.0 Å². The minimum absolute atomic E-state index is 0.0285. The Morgan fingerprint density at radius 2 is 1.79 bits per heavy atom. The minimum Gasteiger partial charge on any atom is -0.356 e. The van der Waals surface area contributed by atoms with Crippen LogP contribution in [0.25, 0.3) is 4.91 Å². The van der Waals surface area contributed by atoms with Crippen molar-refractivity contribution >= 4 is 26.7 Å². The van der Waals surface area contributed by atoms with Gasteiger partial charge < -0.3 is 10.2 Å². The van der Waals surface area contributed by atoms with Crippen LogP contribution in [-0.2, 0) is 14.8 Å². The molecule has 1 aromatic carbocycles. The molecule has 0 aromatic heterocycles. The average molecular weight is 487 g/mol. The van der Waals surface area contributed by atoms with Gasteiger partial charge in [-0.1, -0.05) is 43.2 Å². The monoisotopic (exact) mass is 486 g/mol. The van der Waals surface area contributed by atoms with E-state index in [0.717, 1.165) is 24.2 Å². The highest BCUT2D eigenvalue weighted by molar-refractivity contribution is 8.00. The Morgan fingerprint density at radius 1 is 1.09 bits per heavy atom. The van der Waals surface area contributed by atoms with Crippen LogP contribution < -0.4 is 5.32 Å². The van der Waals surface area contributed by atoms with E-state index in [1.165, 1.54) is 19.3 Å². The number of likely N-dealkylation sites (tertiary alicyclic amines) is 2. The van der Waals surface area contributed by atoms with E-state index in [-0.39, 0.29) is 11.8 Å². The number of benzene rings is 1. The van der Waals surface area contributed by atoms with Crippen LogP contribution in [0.15, 0.2) is 34.2 Å². The summed E-state index contributed by atoms with van der Waals surface area (Å²) >= 11 is 0. The van der Waals surface area contributed by atoms with Gasteiger partial charge in [0.1, 0.15) is 10.7 Å². The zero-order valence-electron chi connectivity index (χ0n) is 20.7. The molecule has 1 aromatic rings. The molecule has 8 heteroatoms. The van der Waals surface area contributed by atoms with Crippen LogP contribution in [0.1, 0.15) is 63.5 Å². The van der Waals surface area contributed by atoms with Crippen LogP contribution in [-0.4, -0.2) is 68.7 Å². The van der Waals surface area contributed by atoms with Crippen molar-refractivity contribution in [3.05, 3.63) is 41.0 Å². The summed E-state index contributed by atoms with van der Waals surface area (Å²) in [6.45, 7) is 10.2. The summed E-state index contributed by atoms with van der Waals surface area (Å²) in [6.07, 6.45) is 5.80. The first-order chi connectivity index (χ1) is 16.3. The fraction of sp³-hybridized carbons (Fsp3) is 0.615. The highest BCUT2D eigenvalue weighted by Gasteiger charge is 2.36. The van der Waals surface area contributed by atoms with Crippen molar-refractivity contribution < 1.29 is 13.2 Å². The molecular formula is C26H38N4O3S. The molecule has 2 saturated heterocycles. The second-order valence-electron chi connectivity index (χ2n) is 9.85. The van der Waals surface area contributed by atoms with Crippen molar-refractivity contribution in [1.29, 1.82) is 0 Å². The number of piperidine rings is 2. The third kappa shape index (κ3) is 5.38. The lowest BCUT2D eigenvalue weighted by atomic mass is 9.94. The molecule has 1 N–H and O–H groups in total. The number of rotatable bonds is 6. The molecule has 0 spiro atoms. The Labute approximate surface area is 204 Å². The zero-order chi connectivity index (χ0) is 24.3. The van der Waals surface area contributed by atoms with Gasteiger partial charge in [0.25, 0.3) is 10.0 Å². The molecule has 3 heterocycles. The van der Waals surface area contributed by atoms with E-state index in [4.69, 9.17) is 0 Å². The van der Waals surface area contributed by atoms with Crippen LogP contribution in [0.5, 0.6) is 0 Å². The highest BCUT2D eigenvalue weighted by Crippen LogP contribution is 2.36. The highest BCUT2D eigenvalue weighted by atomic mass is 32.2. The summed E-state index contributed by atoms with van der Waals surface area (Å²) in [4.78, 5) is 17.6. The molecule has 0 aliphatic carbocycles. The van der Waals surface area contributed by atoms with Gasteiger partial charge in [-0.15, -0.1) is 4.40 Å². The van der Waals surface area contributed by atoms with E-state index in [1.54, 1.807) is 0 Å². The maximum atomic E-state index is 13.0. The van der Waals surface area contributed by atoms with Gasteiger partial charge in [0.2, 0.25) is 5.91 Å². The van der Waals surface area contributed by atoms with Crippen LogP contribution >= 0.6 is 0 Å². The maximum Gasteiger partial charge on any atom is 0.285 e. The van der Waals surface area contributed by atoms with Gasteiger partial charge in [-0.25, -0.2) is 0 Å². The molecule has 3 aliphatic rings. The Morgan fingerprint density at radius 3 is 2.44 bits per heavy atom. The molecule has 1 amide bonds. The predicted molar refractivity (Wildman–Crippen MR) is 137 cm³/mol. The fourth-order valence-corrected chi connectivity index (χ4v) is 6.90. The average Bonchev–Trinajstić information content (AvgIpc) is 3.11. The molecule has 0 saturated carbocycles. The van der Waals surface area contributed by atoms with Gasteiger partial charge in [-0.05, 0) is 58.1 Å². The van der Waals surface area contributed by atoms with Crippen LogP contribution in [0.2, 0.25) is 0 Å². The number of hydrogen-bond acceptors (Lipinski definition) is 5. The Bertz CT molecular complexity index is 1050. The first-order valence-electron chi connectivity index (χ1n) is 12.7. The van der Waals surface area contributed by atoms with Crippen molar-refractivity contribution in [2.24, 2.45) is 10.3 Å². The maximum absolute atomic E-state index is 13.0. The third-order valence-corrected chi connectivity index (χ3v) is 8.89. The molecule has 1 atom stereocenters. The van der Waals surface area contributed by atoms with Crippen molar-refractivity contribution in [2.75, 3.05) is 32.7 Å². The summed E-state index contributed by atoms with van der Waals surface area (Å²) in [5.74, 6) is 0.659. The first kappa shape index (κ1) is 24.9. The van der Waals surface area contributed by atoms with Gasteiger partial charge >= 0.3 is 0 Å². The Hall–Kier alpha value is -2.19. The standard InChI is InChI=1S/C26H38N4O3S/c1-4-23-24(21-10-8-19(2)9-11-21)34(32,33)28-25(23)30-16-12-22(13-17-30)26(31)27-14-18-29-15-6-5-7-20(29)3/h8-11,20,22H,4-7,12-18H2,1-3H3,(H,27,31). The topological polar surface area (TPSA) is 82.1 Å². The number of sulfonamides is 1. The molecule has 34 heavy (non-hydrogen) atoms. The second kappa shape index (κ2) is 10.6. The quantitative estimate of drug-likeness (QED) is 0.665. The summed E-state index contributed by atoms with van der Waals surface area (Å²) < 4.78 is 30.1. The lowest BCUT2D eigenvalue weighted by molar-refractivity contribution is -0.126. The zero-order valence-corrected chi connectivity index (χ0v) is 21.5. The third-order valence-electron chi connectivity index (χ3n) is 7.48. The molecular weight excluding hydrogens is 448 g/mol. The number of aryl methyl sites for hydroxylation is 1. The molecule has 2 fully saturated rings. The predicted octanol–water partition coefficient (Wildman–Crippen LogP) is 3.56. The number of amidine groups is 1. The minimum atomic E-state index is -3.73. The number of carbonyl (C=O) groups excluding carboxylic acids is 1. The van der Waals surface area contributed by atoms with Crippen LogP contribution in [0.4, 0.5) is 0 Å². The summed E-state index contributed by atoms with van der Waals surface area (Å²) in [7, 11) is -3.73. The van der Waals surface area contributed by atoms with E-state index in [9.17, 15) is 13.2 Å². The largest absolute Gasteiger partial charge is 0.356 e. The second-order valence-corrected chi connectivity index (χ2v) is 11.4. The summed E-state index contributed by atoms with van der Waals surface area (Å²) in [5, 5.41) is 3.14. The van der Waals surface area contributed by atoms with Gasteiger partial charge in [-0.2, -0.15) is 8.42 Å². The van der Waals surface area contributed by atoms with E-state index in [0.29, 0.717) is 61.2 Å². The molecule has 0 radical (unpaired) electrons. The van der Waals surface area contributed by atoms with E-state index >= 15 is 0 Å². The number of nitrogens with zero attached hydrogens (tertiary/aromatic N) is 3. The number of nitrogens with one attached hydrogen (secondary N) is 1. The lowest BCUT2D eigenvalue weighted by Gasteiger charge is -2.34. The van der Waals surface area contributed by atoms with Gasteiger partial charge in [0.15, 0.2) is 0 Å². The number of carbonyl (C=O) groups is 1. The van der Waals surface area contributed by atoms with Gasteiger partial charge in [0.05, 0.1) is 0 Å². The molecule has 1 unspecified atom stereocenters. The SMILES string of the molecule is CCC1=C(c2ccc(C)cc2)S(=O)(=O)N=C1N1CCC(C(=O)NCCN2CCCCC2C)CC1. The normalized spacial score (nSPS) is 23.8. The Balaban J connectivity index is 1.36. The lowest BCUT2D eigenvalue weighted by Crippen LogP contribution is -2.46. The Kier molecular flexibility index (Phi) is 7.77. The van der Waals surface area contributed by atoms with Crippen molar-refractivity contribution in [3.63, 3.8) is 0 Å².